The van der Waals surface area contributed by atoms with Crippen molar-refractivity contribution in [3.63, 3.8) is 0 Å². The Balaban J connectivity index is 2.18. The van der Waals surface area contributed by atoms with Crippen LogP contribution in [-0.4, -0.2) is 25.2 Å². The Morgan fingerprint density at radius 1 is 0.966 bits per heavy atom. The summed E-state index contributed by atoms with van der Waals surface area (Å²) in [4.78, 5) is 24.6. The van der Waals surface area contributed by atoms with Gasteiger partial charge >= 0.3 is 18.6 Å². The number of nitrogens with one attached hydrogen (secondary N) is 2. The van der Waals surface area contributed by atoms with Crippen LogP contribution in [-0.2, 0) is 21.3 Å². The number of carbonyl (C=O) groups excluding carboxylic acids is 2. The summed E-state index contributed by atoms with van der Waals surface area (Å²) in [6.07, 6.45) is 0.419. The van der Waals surface area contributed by atoms with Gasteiger partial charge in [-0.05, 0) is 36.6 Å². The standard InChI is InChI=1S/C20H25N2O5PS/c1-15(2)14-18(19(23)25-3)21-20(24)22-28(29,26-16-10-6-4-7-11-16)27-17-12-8-5-9-13-17/h4-13,15,18H,14H2,1-3H3,(H2,21,22,24,29)/t18-/m0/s1. The Labute approximate surface area is 176 Å². The molecule has 2 amide bonds. The molecule has 0 unspecified atom stereocenters. The number of urea groups is 1. The number of methoxy groups -OCH3 is 1. The smallest absolute Gasteiger partial charge is 0.396 e. The molecule has 2 aromatic carbocycles. The molecule has 29 heavy (non-hydrogen) atoms. The monoisotopic (exact) mass is 436 g/mol. The van der Waals surface area contributed by atoms with E-state index < -0.39 is 24.7 Å². The number of hydrogen-bond acceptors (Lipinski definition) is 6. The van der Waals surface area contributed by atoms with Gasteiger partial charge < -0.3 is 19.1 Å². The quantitative estimate of drug-likeness (QED) is 0.451. The molecule has 0 aromatic heterocycles. The van der Waals surface area contributed by atoms with Crippen molar-refractivity contribution in [3.8, 4) is 11.5 Å². The van der Waals surface area contributed by atoms with Gasteiger partial charge in [-0.1, -0.05) is 50.2 Å². The minimum atomic E-state index is -3.33. The molecular weight excluding hydrogens is 411 g/mol. The molecule has 2 rings (SSSR count). The van der Waals surface area contributed by atoms with E-state index >= 15 is 0 Å². The van der Waals surface area contributed by atoms with Gasteiger partial charge in [-0.3, -0.25) is 0 Å². The lowest BCUT2D eigenvalue weighted by molar-refractivity contribution is -0.143. The zero-order valence-corrected chi connectivity index (χ0v) is 18.2. The van der Waals surface area contributed by atoms with Gasteiger partial charge in [0.2, 0.25) is 0 Å². The fraction of sp³-hybridized carbons (Fsp3) is 0.300. The number of benzene rings is 2. The van der Waals surface area contributed by atoms with Crippen molar-refractivity contribution in [2.75, 3.05) is 7.11 Å². The maximum Gasteiger partial charge on any atom is 0.396 e. The highest BCUT2D eigenvalue weighted by molar-refractivity contribution is 8.09. The molecule has 0 radical (unpaired) electrons. The summed E-state index contributed by atoms with van der Waals surface area (Å²) in [5, 5.41) is 5.20. The lowest BCUT2D eigenvalue weighted by Gasteiger charge is -2.25. The fourth-order valence-electron chi connectivity index (χ4n) is 2.45. The second kappa shape index (κ2) is 10.8. The van der Waals surface area contributed by atoms with Crippen LogP contribution in [0.2, 0.25) is 0 Å². The van der Waals surface area contributed by atoms with E-state index in [0.29, 0.717) is 17.9 Å². The van der Waals surface area contributed by atoms with E-state index in [4.69, 9.17) is 25.6 Å². The first kappa shape index (κ1) is 22.7. The van der Waals surface area contributed by atoms with E-state index in [9.17, 15) is 9.59 Å². The lowest BCUT2D eigenvalue weighted by Crippen LogP contribution is -2.46. The summed E-state index contributed by atoms with van der Waals surface area (Å²) in [6.45, 7) is 0.554. The normalized spacial score (nSPS) is 12.0. The van der Waals surface area contributed by atoms with Crippen LogP contribution >= 0.6 is 6.64 Å². The van der Waals surface area contributed by atoms with E-state index in [-0.39, 0.29) is 5.92 Å². The first-order chi connectivity index (χ1) is 13.8. The molecule has 0 aliphatic rings. The molecule has 0 aliphatic carbocycles. The summed E-state index contributed by atoms with van der Waals surface area (Å²) < 4.78 is 16.5. The molecule has 0 aliphatic heterocycles. The third-order valence-electron chi connectivity index (χ3n) is 3.67. The highest BCUT2D eigenvalue weighted by Crippen LogP contribution is 2.45. The SMILES string of the molecule is COC(=O)[C@H](CC(C)C)NC(=O)NP(=S)(Oc1ccccc1)Oc1ccccc1. The summed E-state index contributed by atoms with van der Waals surface area (Å²) in [6, 6.07) is 16.2. The molecule has 1 atom stereocenters. The molecule has 0 bridgehead atoms. The number of amides is 2. The van der Waals surface area contributed by atoms with Gasteiger partial charge in [0.1, 0.15) is 17.5 Å². The molecule has 0 saturated heterocycles. The zero-order valence-electron chi connectivity index (χ0n) is 16.5. The van der Waals surface area contributed by atoms with E-state index in [1.807, 2.05) is 26.0 Å². The molecule has 156 valence electrons. The summed E-state index contributed by atoms with van der Waals surface area (Å²) in [7, 11) is 1.27. The molecular formula is C20H25N2O5PS. The highest BCUT2D eigenvalue weighted by Gasteiger charge is 2.29. The minimum absolute atomic E-state index is 0.170. The fourth-order valence-corrected chi connectivity index (χ4v) is 4.45. The molecule has 2 aromatic rings. The van der Waals surface area contributed by atoms with Gasteiger partial charge in [0, 0.05) is 11.8 Å². The van der Waals surface area contributed by atoms with Crippen molar-refractivity contribution < 1.29 is 23.4 Å². The Hall–Kier alpha value is -2.57. The van der Waals surface area contributed by atoms with Crippen molar-refractivity contribution in [1.82, 2.24) is 10.4 Å². The van der Waals surface area contributed by atoms with Gasteiger partial charge in [0.15, 0.2) is 0 Å². The zero-order chi connectivity index (χ0) is 21.3. The first-order valence-corrected chi connectivity index (χ1v) is 11.7. The average Bonchev–Trinajstić information content (AvgIpc) is 2.67. The second-order valence-corrected chi connectivity index (χ2v) is 9.62. The van der Waals surface area contributed by atoms with Crippen molar-refractivity contribution >= 4 is 30.4 Å². The van der Waals surface area contributed by atoms with Gasteiger partial charge in [0.25, 0.3) is 0 Å². The van der Waals surface area contributed by atoms with Crippen LogP contribution < -0.4 is 19.5 Å². The number of rotatable bonds is 9. The van der Waals surface area contributed by atoms with Crippen molar-refractivity contribution in [2.24, 2.45) is 5.92 Å². The third-order valence-corrected chi connectivity index (χ3v) is 5.77. The van der Waals surface area contributed by atoms with E-state index in [2.05, 4.69) is 10.4 Å². The third kappa shape index (κ3) is 7.75. The lowest BCUT2D eigenvalue weighted by atomic mass is 10.0. The first-order valence-electron chi connectivity index (χ1n) is 9.07. The Morgan fingerprint density at radius 3 is 1.86 bits per heavy atom. The van der Waals surface area contributed by atoms with Crippen LogP contribution in [0.4, 0.5) is 4.79 Å². The molecule has 7 nitrogen and oxygen atoms in total. The Morgan fingerprint density at radius 2 is 1.45 bits per heavy atom. The number of esters is 1. The van der Waals surface area contributed by atoms with Gasteiger partial charge in [-0.15, -0.1) is 0 Å². The minimum Gasteiger partial charge on any atom is -0.467 e. The highest BCUT2D eigenvalue weighted by atomic mass is 32.5. The molecule has 0 spiro atoms. The topological polar surface area (TPSA) is 85.9 Å². The number of ether oxygens (including phenoxy) is 1. The maximum atomic E-state index is 12.6. The van der Waals surface area contributed by atoms with Crippen LogP contribution in [0, 0.1) is 5.92 Å². The predicted molar refractivity (Wildman–Crippen MR) is 115 cm³/mol. The molecule has 0 fully saturated rings. The average molecular weight is 436 g/mol. The maximum absolute atomic E-state index is 12.6. The number of hydrogen-bond donors (Lipinski definition) is 2. The molecule has 9 heteroatoms. The molecule has 0 saturated carbocycles. The van der Waals surface area contributed by atoms with Crippen molar-refractivity contribution in [3.05, 3.63) is 60.7 Å². The van der Waals surface area contributed by atoms with Crippen LogP contribution in [0.15, 0.2) is 60.7 Å². The van der Waals surface area contributed by atoms with Crippen molar-refractivity contribution in [1.29, 1.82) is 0 Å². The van der Waals surface area contributed by atoms with Crippen molar-refractivity contribution in [2.45, 2.75) is 26.3 Å². The Bertz CT molecular complexity index is 803. The summed E-state index contributed by atoms with van der Waals surface area (Å²) >= 11 is 5.56. The summed E-state index contributed by atoms with van der Waals surface area (Å²) in [5.41, 5.74) is 0. The van der Waals surface area contributed by atoms with Crippen LogP contribution in [0.1, 0.15) is 20.3 Å². The van der Waals surface area contributed by atoms with Crippen LogP contribution in [0.5, 0.6) is 11.5 Å². The van der Waals surface area contributed by atoms with Crippen LogP contribution in [0.3, 0.4) is 0 Å². The van der Waals surface area contributed by atoms with Crippen LogP contribution in [0.25, 0.3) is 0 Å². The van der Waals surface area contributed by atoms with E-state index in [1.165, 1.54) is 7.11 Å². The van der Waals surface area contributed by atoms with E-state index in [1.54, 1.807) is 48.5 Å². The number of para-hydroxylation sites is 2. The van der Waals surface area contributed by atoms with Gasteiger partial charge in [-0.2, -0.15) is 0 Å². The Kier molecular flexibility index (Phi) is 8.49. The van der Waals surface area contributed by atoms with Gasteiger partial charge in [-0.25, -0.2) is 14.7 Å². The number of carbonyl (C=O) groups is 2. The molecule has 2 N–H and O–H groups in total. The van der Waals surface area contributed by atoms with Gasteiger partial charge in [0.05, 0.1) is 7.11 Å². The van der Waals surface area contributed by atoms with E-state index in [0.717, 1.165) is 0 Å². The summed E-state index contributed by atoms with van der Waals surface area (Å²) in [5.74, 6) is 0.552. The molecule has 0 heterocycles. The predicted octanol–water partition coefficient (Wildman–Crippen LogP) is 4.26. The largest absolute Gasteiger partial charge is 0.467 e. The second-order valence-electron chi connectivity index (χ2n) is 6.60.